The Kier molecular flexibility index (Phi) is 3.60. The molecule has 3 rings (SSSR count). The molecule has 1 aromatic heterocycles. The summed E-state index contributed by atoms with van der Waals surface area (Å²) in [5.41, 5.74) is 7.31. The highest BCUT2D eigenvalue weighted by atomic mass is 19.1. The van der Waals surface area contributed by atoms with Gasteiger partial charge in [0.05, 0.1) is 5.69 Å². The van der Waals surface area contributed by atoms with Crippen LogP contribution >= 0.6 is 0 Å². The number of rotatable bonds is 4. The van der Waals surface area contributed by atoms with E-state index in [-0.39, 0.29) is 11.1 Å². The number of benzene rings is 2. The summed E-state index contributed by atoms with van der Waals surface area (Å²) in [6.07, 6.45) is 1.74. The van der Waals surface area contributed by atoms with Crippen molar-refractivity contribution in [2.75, 3.05) is 7.05 Å². The molecule has 112 valence electrons. The Morgan fingerprint density at radius 1 is 1.27 bits per heavy atom. The molecule has 5 nitrogen and oxygen atoms in total. The van der Waals surface area contributed by atoms with E-state index in [1.165, 1.54) is 6.07 Å². The number of nitrogens with zero attached hydrogens (tertiary/aromatic N) is 2. The molecule has 1 heterocycles. The van der Waals surface area contributed by atoms with Crippen molar-refractivity contribution in [1.29, 1.82) is 0 Å². The van der Waals surface area contributed by atoms with E-state index < -0.39 is 11.7 Å². The largest absolute Gasteiger partial charge is 0.365 e. The molecule has 0 radical (unpaired) electrons. The summed E-state index contributed by atoms with van der Waals surface area (Å²) in [7, 11) is 1.88. The maximum atomic E-state index is 13.8. The maximum Gasteiger partial charge on any atom is 0.253 e. The number of hydrogen-bond donors (Lipinski definition) is 2. The Morgan fingerprint density at radius 3 is 2.64 bits per heavy atom. The van der Waals surface area contributed by atoms with Gasteiger partial charge in [0.1, 0.15) is 16.9 Å². The second-order valence-corrected chi connectivity index (χ2v) is 4.99. The Morgan fingerprint density at radius 2 is 2.00 bits per heavy atom. The van der Waals surface area contributed by atoms with E-state index in [4.69, 9.17) is 5.73 Å². The number of nitrogens with two attached hydrogens (primary N) is 1. The van der Waals surface area contributed by atoms with E-state index in [2.05, 4.69) is 10.4 Å². The van der Waals surface area contributed by atoms with E-state index in [0.29, 0.717) is 5.39 Å². The zero-order valence-corrected chi connectivity index (χ0v) is 12.0. The fraction of sp³-hybridized carbons (Fsp3) is 0.125. The SMILES string of the molecule is CNCc1ccc(-n2cc3ccc(F)c(C(N)=O)c3n2)cc1. The van der Waals surface area contributed by atoms with Gasteiger partial charge in [-0.1, -0.05) is 12.1 Å². The number of halogens is 1. The van der Waals surface area contributed by atoms with Crippen LogP contribution < -0.4 is 11.1 Å². The molecule has 0 spiro atoms. The minimum Gasteiger partial charge on any atom is -0.365 e. The minimum atomic E-state index is -0.822. The topological polar surface area (TPSA) is 72.9 Å². The number of nitrogens with one attached hydrogen (secondary N) is 1. The summed E-state index contributed by atoms with van der Waals surface area (Å²) in [4.78, 5) is 11.4. The number of primary amides is 1. The van der Waals surface area contributed by atoms with Crippen molar-refractivity contribution in [3.05, 3.63) is 59.5 Å². The van der Waals surface area contributed by atoms with Gasteiger partial charge in [-0.25, -0.2) is 9.07 Å². The molecule has 0 saturated heterocycles. The van der Waals surface area contributed by atoms with Crippen LogP contribution in [0.3, 0.4) is 0 Å². The molecule has 0 atom stereocenters. The van der Waals surface area contributed by atoms with Crippen molar-refractivity contribution < 1.29 is 9.18 Å². The average molecular weight is 298 g/mol. The molecule has 0 aliphatic heterocycles. The summed E-state index contributed by atoms with van der Waals surface area (Å²) in [5.74, 6) is -1.48. The van der Waals surface area contributed by atoms with Crippen molar-refractivity contribution in [1.82, 2.24) is 15.1 Å². The van der Waals surface area contributed by atoms with E-state index in [0.717, 1.165) is 17.8 Å². The Balaban J connectivity index is 2.08. The highest BCUT2D eigenvalue weighted by molar-refractivity contribution is 6.04. The van der Waals surface area contributed by atoms with Crippen molar-refractivity contribution in [3.63, 3.8) is 0 Å². The van der Waals surface area contributed by atoms with Gasteiger partial charge in [-0.3, -0.25) is 4.79 Å². The van der Waals surface area contributed by atoms with Gasteiger partial charge in [-0.2, -0.15) is 5.10 Å². The predicted octanol–water partition coefficient (Wildman–Crippen LogP) is 1.98. The van der Waals surface area contributed by atoms with Gasteiger partial charge in [-0.05, 0) is 36.9 Å². The lowest BCUT2D eigenvalue weighted by Gasteiger charge is -2.03. The van der Waals surface area contributed by atoms with Crippen LogP contribution in [0.5, 0.6) is 0 Å². The highest BCUT2D eigenvalue weighted by Gasteiger charge is 2.16. The molecule has 3 N–H and O–H groups in total. The number of hydrogen-bond acceptors (Lipinski definition) is 3. The van der Waals surface area contributed by atoms with Crippen molar-refractivity contribution in [2.24, 2.45) is 5.73 Å². The zero-order chi connectivity index (χ0) is 15.7. The molecule has 0 aliphatic rings. The van der Waals surface area contributed by atoms with Crippen LogP contribution in [0.15, 0.2) is 42.6 Å². The number of aromatic nitrogens is 2. The van der Waals surface area contributed by atoms with Gasteiger partial charge in [0, 0.05) is 18.1 Å². The maximum absolute atomic E-state index is 13.8. The molecule has 0 aliphatic carbocycles. The first-order valence-corrected chi connectivity index (χ1v) is 6.82. The highest BCUT2D eigenvalue weighted by Crippen LogP contribution is 2.22. The number of carbonyl (C=O) groups is 1. The standard InChI is InChI=1S/C16H15FN4O/c1-19-8-10-2-5-12(6-3-10)21-9-11-4-7-13(17)14(16(18)22)15(11)20-21/h2-7,9,19H,8H2,1H3,(H2,18,22). The molecule has 0 fully saturated rings. The third kappa shape index (κ3) is 2.44. The summed E-state index contributed by atoms with van der Waals surface area (Å²) in [5, 5.41) is 8.04. The Labute approximate surface area is 126 Å². The minimum absolute atomic E-state index is 0.178. The lowest BCUT2D eigenvalue weighted by molar-refractivity contribution is 0.0998. The van der Waals surface area contributed by atoms with Crippen molar-refractivity contribution in [2.45, 2.75) is 6.54 Å². The number of amides is 1. The summed E-state index contributed by atoms with van der Waals surface area (Å²) < 4.78 is 15.4. The van der Waals surface area contributed by atoms with Gasteiger partial charge in [-0.15, -0.1) is 0 Å². The lowest BCUT2D eigenvalue weighted by atomic mass is 10.1. The number of fused-ring (bicyclic) bond motifs is 1. The normalized spacial score (nSPS) is 11.0. The quantitative estimate of drug-likeness (QED) is 0.773. The smallest absolute Gasteiger partial charge is 0.253 e. The summed E-state index contributed by atoms with van der Waals surface area (Å²) in [6, 6.07) is 10.6. The molecule has 3 aromatic rings. The second kappa shape index (κ2) is 5.57. The molecular formula is C16H15FN4O. The first-order valence-electron chi connectivity index (χ1n) is 6.82. The fourth-order valence-electron chi connectivity index (χ4n) is 2.40. The predicted molar refractivity (Wildman–Crippen MR) is 82.3 cm³/mol. The van der Waals surface area contributed by atoms with E-state index in [1.54, 1.807) is 16.9 Å². The molecule has 6 heteroatoms. The summed E-state index contributed by atoms with van der Waals surface area (Å²) in [6.45, 7) is 0.776. The monoisotopic (exact) mass is 298 g/mol. The van der Waals surface area contributed by atoms with Crippen LogP contribution in [0.4, 0.5) is 4.39 Å². The van der Waals surface area contributed by atoms with E-state index in [9.17, 15) is 9.18 Å². The third-order valence-corrected chi connectivity index (χ3v) is 3.46. The Bertz CT molecular complexity index is 839. The molecule has 0 bridgehead atoms. The molecule has 2 aromatic carbocycles. The average Bonchev–Trinajstić information content (AvgIpc) is 2.91. The van der Waals surface area contributed by atoms with Crippen molar-refractivity contribution >= 4 is 16.8 Å². The first-order chi connectivity index (χ1) is 10.6. The van der Waals surface area contributed by atoms with E-state index in [1.807, 2.05) is 31.3 Å². The molecule has 1 amide bonds. The molecular weight excluding hydrogens is 283 g/mol. The van der Waals surface area contributed by atoms with Crippen LogP contribution in [0.25, 0.3) is 16.6 Å². The van der Waals surface area contributed by atoms with Crippen LogP contribution in [0.1, 0.15) is 15.9 Å². The van der Waals surface area contributed by atoms with Gasteiger partial charge in [0.2, 0.25) is 0 Å². The second-order valence-electron chi connectivity index (χ2n) is 4.99. The summed E-state index contributed by atoms with van der Waals surface area (Å²) >= 11 is 0. The van der Waals surface area contributed by atoms with Crippen LogP contribution in [-0.2, 0) is 6.54 Å². The third-order valence-electron chi connectivity index (χ3n) is 3.46. The number of carbonyl (C=O) groups excluding carboxylic acids is 1. The zero-order valence-electron chi connectivity index (χ0n) is 12.0. The molecule has 22 heavy (non-hydrogen) atoms. The van der Waals surface area contributed by atoms with Crippen molar-refractivity contribution in [3.8, 4) is 5.69 Å². The van der Waals surface area contributed by atoms with Crippen LogP contribution in [0.2, 0.25) is 0 Å². The first kappa shape index (κ1) is 14.2. The van der Waals surface area contributed by atoms with Crippen LogP contribution in [0, 0.1) is 5.82 Å². The van der Waals surface area contributed by atoms with Gasteiger partial charge in [0.15, 0.2) is 0 Å². The van der Waals surface area contributed by atoms with E-state index >= 15 is 0 Å². The Hall–Kier alpha value is -2.73. The molecule has 0 saturated carbocycles. The van der Waals surface area contributed by atoms with Crippen LogP contribution in [-0.4, -0.2) is 22.7 Å². The van der Waals surface area contributed by atoms with Gasteiger partial charge >= 0.3 is 0 Å². The molecule has 0 unspecified atom stereocenters. The van der Waals surface area contributed by atoms with Gasteiger partial charge < -0.3 is 11.1 Å². The fourth-order valence-corrected chi connectivity index (χ4v) is 2.40. The van der Waals surface area contributed by atoms with Gasteiger partial charge in [0.25, 0.3) is 5.91 Å². The lowest BCUT2D eigenvalue weighted by Crippen LogP contribution is -2.14.